The zero-order valence-corrected chi connectivity index (χ0v) is 34.6. The Morgan fingerprint density at radius 3 is 1.77 bits per heavy atom. The molecule has 2 aromatic heterocycles. The van der Waals surface area contributed by atoms with E-state index in [1.165, 1.54) is 28.1 Å². The topological polar surface area (TPSA) is 167 Å². The summed E-state index contributed by atoms with van der Waals surface area (Å²) in [6.45, 7) is 3.68. The number of ether oxygens (including phenoxy) is 5. The molecule has 0 bridgehead atoms. The van der Waals surface area contributed by atoms with Gasteiger partial charge >= 0.3 is 19.1 Å². The first-order chi connectivity index (χ1) is 27.1. The number of aromatic carboxylic acids is 1. The van der Waals surface area contributed by atoms with E-state index >= 15 is 0 Å². The highest BCUT2D eigenvalue weighted by atomic mass is 127. The summed E-state index contributed by atoms with van der Waals surface area (Å²) in [7, 11) is 1.83. The third kappa shape index (κ3) is 14.1. The molecule has 0 amide bonds. The Morgan fingerprint density at radius 1 is 0.696 bits per heavy atom. The van der Waals surface area contributed by atoms with Crippen molar-refractivity contribution in [3.63, 3.8) is 0 Å². The van der Waals surface area contributed by atoms with Crippen molar-refractivity contribution in [3.05, 3.63) is 144 Å². The van der Waals surface area contributed by atoms with Crippen LogP contribution in [0.1, 0.15) is 49.0 Å². The van der Waals surface area contributed by atoms with E-state index in [1.807, 2.05) is 72.8 Å². The van der Waals surface area contributed by atoms with E-state index in [-0.39, 0.29) is 18.3 Å². The smallest absolute Gasteiger partial charge is 0.486 e. The lowest BCUT2D eigenvalue weighted by atomic mass is 9.77. The maximum Gasteiger partial charge on any atom is 0.488 e. The zero-order chi connectivity index (χ0) is 40.3. The van der Waals surface area contributed by atoms with E-state index < -0.39 is 13.1 Å². The van der Waals surface area contributed by atoms with Crippen molar-refractivity contribution in [2.75, 3.05) is 20.8 Å². The summed E-state index contributed by atoms with van der Waals surface area (Å²) in [5, 5.41) is 31.3. The Labute approximate surface area is 347 Å². The highest BCUT2D eigenvalue weighted by molar-refractivity contribution is 14.1. The van der Waals surface area contributed by atoms with Gasteiger partial charge in [0.05, 0.1) is 19.8 Å². The largest absolute Gasteiger partial charge is 0.488 e. The molecular formula is C40H40BIN2O10S2. The van der Waals surface area contributed by atoms with Gasteiger partial charge < -0.3 is 38.8 Å². The average molecular weight is 911 g/mol. The van der Waals surface area contributed by atoms with Crippen LogP contribution in [0, 0.1) is 3.57 Å². The monoisotopic (exact) mass is 910 g/mol. The fraction of sp³-hybridized carbons (Fsp3) is 0.200. The highest BCUT2D eigenvalue weighted by Gasteiger charge is 2.15. The van der Waals surface area contributed by atoms with Crippen molar-refractivity contribution in [1.82, 2.24) is 9.97 Å². The van der Waals surface area contributed by atoms with Crippen LogP contribution in [0.15, 0.2) is 108 Å². The molecule has 0 saturated carbocycles. The molecule has 0 aliphatic rings. The predicted molar refractivity (Wildman–Crippen MR) is 225 cm³/mol. The van der Waals surface area contributed by atoms with Crippen molar-refractivity contribution in [1.29, 1.82) is 0 Å². The van der Waals surface area contributed by atoms with Crippen LogP contribution in [0.25, 0.3) is 11.1 Å². The quantitative estimate of drug-likeness (QED) is 0.0538. The van der Waals surface area contributed by atoms with Crippen LogP contribution in [0.3, 0.4) is 0 Å². The minimum atomic E-state index is -1.42. The van der Waals surface area contributed by atoms with Crippen LogP contribution < -0.4 is 14.9 Å². The summed E-state index contributed by atoms with van der Waals surface area (Å²) < 4.78 is 27.5. The van der Waals surface area contributed by atoms with Crippen LogP contribution in [0.5, 0.6) is 11.5 Å². The number of carbonyl (C=O) groups is 2. The lowest BCUT2D eigenvalue weighted by Crippen LogP contribution is -2.33. The number of methoxy groups -OCH3 is 2. The van der Waals surface area contributed by atoms with Crippen LogP contribution >= 0.6 is 45.3 Å². The standard InChI is InChI=1S/C19H17NO4S.C13H12INO3S.C8H11BO3/c1-23-10-14-4-2-3-5-16(14)13-6-8-15(9-7-13)24-11-18-20-17(12-25-18)19(21)22;1-2-17-13(16)11-8-19-12(15-11)7-18-10-5-3-9(14)4-6-10;1-12-6-7-4-2-3-5-8(7)9(10)11/h2-9,12H,10-11H2,1H3,(H,21,22);3-6,8H,2,7H2,1H3;2-5,10-11H,6H2,1H3. The maximum atomic E-state index is 11.5. The molecular weight excluding hydrogens is 870 g/mol. The van der Waals surface area contributed by atoms with Gasteiger partial charge in [-0.3, -0.25) is 0 Å². The number of nitrogens with zero attached hydrogens (tertiary/aromatic N) is 2. The van der Waals surface area contributed by atoms with Gasteiger partial charge in [0.1, 0.15) is 34.7 Å². The number of halogens is 1. The molecule has 0 radical (unpaired) electrons. The van der Waals surface area contributed by atoms with Crippen LogP contribution in [-0.4, -0.2) is 65.0 Å². The molecule has 6 aromatic rings. The van der Waals surface area contributed by atoms with Crippen molar-refractivity contribution in [2.45, 2.75) is 33.4 Å². The van der Waals surface area contributed by atoms with Crippen LogP contribution in [0.4, 0.5) is 0 Å². The summed E-state index contributed by atoms with van der Waals surface area (Å²) >= 11 is 4.90. The molecule has 0 aliphatic heterocycles. The summed E-state index contributed by atoms with van der Waals surface area (Å²) in [6, 6.07) is 30.7. The molecule has 0 unspecified atom stereocenters. The second kappa shape index (κ2) is 23.4. The molecule has 56 heavy (non-hydrogen) atoms. The minimum Gasteiger partial charge on any atom is -0.486 e. The first-order valence-electron chi connectivity index (χ1n) is 17.0. The van der Waals surface area contributed by atoms with Crippen LogP contribution in [0.2, 0.25) is 0 Å². The lowest BCUT2D eigenvalue weighted by molar-refractivity contribution is 0.0519. The number of esters is 1. The number of carboxylic acids is 1. The fourth-order valence-corrected chi connectivity index (χ4v) is 6.57. The molecule has 4 aromatic carbocycles. The Kier molecular flexibility index (Phi) is 18.4. The van der Waals surface area contributed by atoms with Gasteiger partial charge in [0, 0.05) is 28.5 Å². The Hall–Kier alpha value is -4.69. The molecule has 16 heteroatoms. The van der Waals surface area contributed by atoms with Gasteiger partial charge in [-0.2, -0.15) is 0 Å². The normalized spacial score (nSPS) is 10.3. The number of aromatic nitrogens is 2. The number of thiazole rings is 2. The van der Waals surface area contributed by atoms with E-state index in [0.29, 0.717) is 48.3 Å². The second-order valence-corrected chi connectivity index (χ2v) is 14.6. The first-order valence-corrected chi connectivity index (χ1v) is 19.9. The maximum absolute atomic E-state index is 11.5. The highest BCUT2D eigenvalue weighted by Crippen LogP contribution is 2.27. The van der Waals surface area contributed by atoms with E-state index in [9.17, 15) is 9.59 Å². The molecule has 0 saturated heterocycles. The van der Waals surface area contributed by atoms with Gasteiger partial charge in [0.2, 0.25) is 0 Å². The number of carboxylic acid groups (broad SMARTS) is 1. The zero-order valence-electron chi connectivity index (χ0n) is 30.8. The molecule has 0 atom stereocenters. The Balaban J connectivity index is 0.000000199. The van der Waals surface area contributed by atoms with Crippen molar-refractivity contribution in [2.24, 2.45) is 0 Å². The number of benzene rings is 4. The van der Waals surface area contributed by atoms with Gasteiger partial charge in [-0.05, 0) is 93.6 Å². The molecule has 3 N–H and O–H groups in total. The first kappa shape index (κ1) is 44.0. The number of hydrogen-bond acceptors (Lipinski definition) is 13. The number of hydrogen-bond donors (Lipinski definition) is 3. The SMILES string of the molecule is CCOC(=O)c1csc(COc2ccc(I)cc2)n1.COCc1ccccc1-c1ccc(OCc2nc(C(=O)O)cs2)cc1.COCc1ccccc1B(O)O. The Morgan fingerprint density at radius 2 is 1.21 bits per heavy atom. The van der Waals surface area contributed by atoms with Gasteiger partial charge in [-0.15, -0.1) is 22.7 Å². The summed E-state index contributed by atoms with van der Waals surface area (Å²) in [5.41, 5.74) is 5.03. The Bertz CT molecular complexity index is 2110. The van der Waals surface area contributed by atoms with E-state index in [1.54, 1.807) is 44.7 Å². The van der Waals surface area contributed by atoms with Gasteiger partial charge in [0.25, 0.3) is 0 Å². The summed E-state index contributed by atoms with van der Waals surface area (Å²) in [5.74, 6) is 0.0780. The van der Waals surface area contributed by atoms with E-state index in [0.717, 1.165) is 36.6 Å². The van der Waals surface area contributed by atoms with Crippen molar-refractivity contribution in [3.8, 4) is 22.6 Å². The summed E-state index contributed by atoms with van der Waals surface area (Å²) in [4.78, 5) is 30.5. The summed E-state index contributed by atoms with van der Waals surface area (Å²) in [6.07, 6.45) is 0. The van der Waals surface area contributed by atoms with Crippen LogP contribution in [-0.2, 0) is 40.6 Å². The number of rotatable bonds is 15. The minimum absolute atomic E-state index is 0.0497. The molecule has 12 nitrogen and oxygen atoms in total. The molecule has 0 aliphatic carbocycles. The van der Waals surface area contributed by atoms with Gasteiger partial charge in [-0.1, -0.05) is 60.7 Å². The molecule has 6 rings (SSSR count). The molecule has 0 fully saturated rings. The molecule has 2 heterocycles. The van der Waals surface area contributed by atoms with E-state index in [4.69, 9.17) is 38.8 Å². The fourth-order valence-electron chi connectivity index (χ4n) is 4.86. The number of carbonyl (C=O) groups excluding carboxylic acids is 1. The predicted octanol–water partition coefficient (Wildman–Crippen LogP) is 7.25. The van der Waals surface area contributed by atoms with Gasteiger partial charge in [-0.25, -0.2) is 19.6 Å². The average Bonchev–Trinajstić information content (AvgIpc) is 3.89. The molecule has 292 valence electrons. The third-order valence-electron chi connectivity index (χ3n) is 7.46. The third-order valence-corrected chi connectivity index (χ3v) is 9.82. The van der Waals surface area contributed by atoms with Crippen molar-refractivity contribution < 1.29 is 48.4 Å². The lowest BCUT2D eigenvalue weighted by Gasteiger charge is -2.10. The second-order valence-electron chi connectivity index (χ2n) is 11.4. The van der Waals surface area contributed by atoms with Crippen molar-refractivity contribution >= 4 is 69.8 Å². The molecule has 0 spiro atoms. The van der Waals surface area contributed by atoms with E-state index in [2.05, 4.69) is 38.6 Å². The van der Waals surface area contributed by atoms with Gasteiger partial charge in [0.15, 0.2) is 11.4 Å².